The van der Waals surface area contributed by atoms with Crippen molar-refractivity contribution in [1.82, 2.24) is 4.90 Å². The van der Waals surface area contributed by atoms with Gasteiger partial charge in [0.05, 0.1) is 6.61 Å². The first-order valence-electron chi connectivity index (χ1n) is 13.7. The number of rotatable bonds is 24. The van der Waals surface area contributed by atoms with Crippen LogP contribution in [0.5, 0.6) is 0 Å². The van der Waals surface area contributed by atoms with Gasteiger partial charge >= 0.3 is 5.97 Å². The molecule has 0 aromatic heterocycles. The van der Waals surface area contributed by atoms with Gasteiger partial charge in [-0.1, -0.05) is 91.4 Å². The maximum absolute atomic E-state index is 12.2. The zero-order chi connectivity index (χ0) is 23.0. The van der Waals surface area contributed by atoms with Crippen molar-refractivity contribution in [3.63, 3.8) is 0 Å². The normalized spacial score (nSPS) is 12.4. The fourth-order valence-electron chi connectivity index (χ4n) is 4.11. The second-order valence-electron chi connectivity index (χ2n) is 9.25. The number of unbranched alkanes of at least 4 members (excludes halogenated alkanes) is 11. The molecule has 0 saturated heterocycles. The number of esters is 1. The van der Waals surface area contributed by atoms with Crippen LogP contribution < -0.4 is 0 Å². The highest BCUT2D eigenvalue weighted by atomic mass is 16.5. The van der Waals surface area contributed by atoms with Crippen molar-refractivity contribution in [3.8, 4) is 0 Å². The maximum Gasteiger partial charge on any atom is 0.306 e. The van der Waals surface area contributed by atoms with Gasteiger partial charge in [-0.2, -0.15) is 0 Å². The Morgan fingerprint density at radius 3 is 1.81 bits per heavy atom. The van der Waals surface area contributed by atoms with Gasteiger partial charge in [-0.25, -0.2) is 0 Å². The average molecular weight is 442 g/mol. The Kier molecular flexibility index (Phi) is 23.6. The monoisotopic (exact) mass is 441 g/mol. The van der Waals surface area contributed by atoms with E-state index in [4.69, 9.17) is 4.74 Å². The summed E-state index contributed by atoms with van der Waals surface area (Å²) in [5.41, 5.74) is 0. The molecule has 1 unspecified atom stereocenters. The quantitative estimate of drug-likeness (QED) is 0.126. The van der Waals surface area contributed by atoms with E-state index in [9.17, 15) is 9.90 Å². The third-order valence-electron chi connectivity index (χ3n) is 6.16. The third-order valence-corrected chi connectivity index (χ3v) is 6.16. The second kappa shape index (κ2) is 24.0. The van der Waals surface area contributed by atoms with Gasteiger partial charge in [0.2, 0.25) is 0 Å². The predicted octanol–water partition coefficient (Wildman–Crippen LogP) is 7.27. The molecule has 0 aliphatic heterocycles. The van der Waals surface area contributed by atoms with Crippen molar-refractivity contribution in [3.05, 3.63) is 0 Å². The van der Waals surface area contributed by atoms with Crippen molar-refractivity contribution in [2.45, 2.75) is 142 Å². The van der Waals surface area contributed by atoms with Crippen molar-refractivity contribution < 1.29 is 14.6 Å². The van der Waals surface area contributed by atoms with Crippen LogP contribution in [0.2, 0.25) is 0 Å². The van der Waals surface area contributed by atoms with Gasteiger partial charge in [0, 0.05) is 13.0 Å². The topological polar surface area (TPSA) is 49.8 Å². The van der Waals surface area contributed by atoms with Gasteiger partial charge < -0.3 is 14.7 Å². The molecule has 0 heterocycles. The summed E-state index contributed by atoms with van der Waals surface area (Å²) in [6.45, 7) is 9.93. The van der Waals surface area contributed by atoms with Crippen molar-refractivity contribution >= 4 is 5.97 Å². The van der Waals surface area contributed by atoms with Crippen LogP contribution in [0.25, 0.3) is 0 Å². The molecule has 0 aliphatic carbocycles. The first kappa shape index (κ1) is 30.4. The van der Waals surface area contributed by atoms with E-state index in [1.165, 1.54) is 70.6 Å². The first-order valence-corrected chi connectivity index (χ1v) is 13.7. The van der Waals surface area contributed by atoms with Crippen LogP contribution in [-0.2, 0) is 9.53 Å². The summed E-state index contributed by atoms with van der Waals surface area (Å²) in [5.74, 6) is 0.00907. The lowest BCUT2D eigenvalue weighted by Crippen LogP contribution is -2.29. The minimum absolute atomic E-state index is 0.00907. The van der Waals surface area contributed by atoms with Gasteiger partial charge in [0.15, 0.2) is 0 Å². The Labute approximate surface area is 194 Å². The van der Waals surface area contributed by atoms with Gasteiger partial charge in [0.1, 0.15) is 6.10 Å². The number of nitrogens with zero attached hydrogens (tertiary/aromatic N) is 1. The summed E-state index contributed by atoms with van der Waals surface area (Å²) in [6.07, 6.45) is 20.9. The summed E-state index contributed by atoms with van der Waals surface area (Å²) < 4.78 is 5.78. The summed E-state index contributed by atoms with van der Waals surface area (Å²) in [6, 6.07) is 0. The minimum atomic E-state index is 0.00907. The van der Waals surface area contributed by atoms with E-state index in [1.54, 1.807) is 0 Å². The number of carbonyl (C=O) groups excluding carboxylic acids is 1. The summed E-state index contributed by atoms with van der Waals surface area (Å²) in [7, 11) is 0. The molecule has 1 N–H and O–H groups in total. The fourth-order valence-corrected chi connectivity index (χ4v) is 4.11. The van der Waals surface area contributed by atoms with E-state index in [1.807, 2.05) is 0 Å². The molecule has 0 aromatic carbocycles. The van der Waals surface area contributed by atoms with Gasteiger partial charge in [-0.15, -0.1) is 0 Å². The largest absolute Gasteiger partial charge is 0.462 e. The SMILES string of the molecule is CCCCCCCN(CCO)CCCCCCCC(=O)OC(CCCC)CCCCC. The molecule has 0 bridgehead atoms. The lowest BCUT2D eigenvalue weighted by molar-refractivity contribution is -0.150. The van der Waals surface area contributed by atoms with Crippen molar-refractivity contribution in [2.24, 2.45) is 0 Å². The zero-order valence-electron chi connectivity index (χ0n) is 21.3. The van der Waals surface area contributed by atoms with E-state index in [-0.39, 0.29) is 18.7 Å². The molecule has 0 radical (unpaired) electrons. The Morgan fingerprint density at radius 2 is 1.19 bits per heavy atom. The van der Waals surface area contributed by atoms with Crippen LogP contribution in [0.3, 0.4) is 0 Å². The molecule has 0 rings (SSSR count). The lowest BCUT2D eigenvalue weighted by atomic mass is 10.1. The zero-order valence-corrected chi connectivity index (χ0v) is 21.3. The van der Waals surface area contributed by atoms with Crippen molar-refractivity contribution in [2.75, 3.05) is 26.2 Å². The molecule has 0 saturated carbocycles. The summed E-state index contributed by atoms with van der Waals surface area (Å²) in [5, 5.41) is 9.29. The van der Waals surface area contributed by atoms with Crippen LogP contribution >= 0.6 is 0 Å². The molecule has 4 nitrogen and oxygen atoms in total. The number of hydrogen-bond donors (Lipinski definition) is 1. The minimum Gasteiger partial charge on any atom is -0.462 e. The van der Waals surface area contributed by atoms with Crippen LogP contribution in [-0.4, -0.2) is 48.3 Å². The maximum atomic E-state index is 12.2. The number of hydrogen-bond acceptors (Lipinski definition) is 4. The number of aliphatic hydroxyl groups excluding tert-OH is 1. The molecular weight excluding hydrogens is 386 g/mol. The molecule has 31 heavy (non-hydrogen) atoms. The van der Waals surface area contributed by atoms with Crippen LogP contribution in [0, 0.1) is 0 Å². The molecule has 0 aromatic rings. The number of aliphatic hydroxyl groups is 1. The molecule has 1 atom stereocenters. The van der Waals surface area contributed by atoms with E-state index in [0.29, 0.717) is 6.42 Å². The van der Waals surface area contributed by atoms with Crippen LogP contribution in [0.4, 0.5) is 0 Å². The Morgan fingerprint density at radius 1 is 0.677 bits per heavy atom. The van der Waals surface area contributed by atoms with Gasteiger partial charge in [0.25, 0.3) is 0 Å². The Balaban J connectivity index is 3.81. The molecule has 186 valence electrons. The highest BCUT2D eigenvalue weighted by molar-refractivity contribution is 5.69. The van der Waals surface area contributed by atoms with Crippen LogP contribution in [0.1, 0.15) is 136 Å². The Bertz CT molecular complexity index is 375. The highest BCUT2D eigenvalue weighted by Gasteiger charge is 2.13. The summed E-state index contributed by atoms with van der Waals surface area (Å²) >= 11 is 0. The number of carbonyl (C=O) groups is 1. The van der Waals surface area contributed by atoms with Gasteiger partial charge in [-0.3, -0.25) is 4.79 Å². The molecule has 0 fully saturated rings. The molecule has 0 spiro atoms. The first-order chi connectivity index (χ1) is 15.2. The molecule has 0 aliphatic rings. The van der Waals surface area contributed by atoms with Crippen LogP contribution in [0.15, 0.2) is 0 Å². The average Bonchev–Trinajstić information content (AvgIpc) is 2.76. The van der Waals surface area contributed by atoms with Crippen molar-refractivity contribution in [1.29, 1.82) is 0 Å². The predicted molar refractivity (Wildman–Crippen MR) is 134 cm³/mol. The van der Waals surface area contributed by atoms with E-state index < -0.39 is 0 Å². The highest BCUT2D eigenvalue weighted by Crippen LogP contribution is 2.15. The fraction of sp³-hybridized carbons (Fsp3) is 0.963. The molecule has 0 amide bonds. The lowest BCUT2D eigenvalue weighted by Gasteiger charge is -2.21. The van der Waals surface area contributed by atoms with E-state index >= 15 is 0 Å². The molecule has 4 heteroatoms. The molecular formula is C27H55NO3. The second-order valence-corrected chi connectivity index (χ2v) is 9.25. The Hall–Kier alpha value is -0.610. The third kappa shape index (κ3) is 21.0. The standard InChI is InChI=1S/C27H55NO3/c1-4-7-10-13-17-22-28(24-25-29)23-18-14-11-12-16-21-27(30)31-26(19-9-6-3)20-15-8-5-2/h26,29H,4-25H2,1-3H3. The summed E-state index contributed by atoms with van der Waals surface area (Å²) in [4.78, 5) is 14.6. The number of ether oxygens (including phenoxy) is 1. The van der Waals surface area contributed by atoms with Gasteiger partial charge in [-0.05, 0) is 51.6 Å². The van der Waals surface area contributed by atoms with E-state index in [2.05, 4.69) is 25.7 Å². The van der Waals surface area contributed by atoms with E-state index in [0.717, 1.165) is 58.2 Å². The smallest absolute Gasteiger partial charge is 0.306 e.